The number of H-pyrrole nitrogens is 1. The van der Waals surface area contributed by atoms with E-state index in [0.29, 0.717) is 22.2 Å². The number of benzene rings is 1. The van der Waals surface area contributed by atoms with E-state index in [-0.39, 0.29) is 12.1 Å². The highest BCUT2D eigenvalue weighted by Gasteiger charge is 2.21. The molecule has 0 aliphatic rings. The highest BCUT2D eigenvalue weighted by atomic mass is 35.5. The summed E-state index contributed by atoms with van der Waals surface area (Å²) in [6.45, 7) is 0. The molecule has 2 heterocycles. The average molecular weight is 417 g/mol. The standard InChI is InChI=1S/C19H17ClN4O5/c1-29-16-7-6-11(10-21-16)13(9-18(26)27)22-19(28)14-8-17(25)24(23-14)15-5-3-2-4-12(15)20/h2-8,10,13,23H,9H2,1H3,(H,22,28)(H,26,27)/t13-/m0/s1. The van der Waals surface area contributed by atoms with Crippen LogP contribution in [0, 0.1) is 0 Å². The third-order valence-corrected chi connectivity index (χ3v) is 4.43. The first-order valence-corrected chi connectivity index (χ1v) is 8.86. The van der Waals surface area contributed by atoms with Crippen molar-refractivity contribution in [2.75, 3.05) is 7.11 Å². The molecule has 0 aliphatic carbocycles. The maximum Gasteiger partial charge on any atom is 0.305 e. The summed E-state index contributed by atoms with van der Waals surface area (Å²) < 4.78 is 6.12. The summed E-state index contributed by atoms with van der Waals surface area (Å²) in [6, 6.07) is 10.1. The number of methoxy groups -OCH3 is 1. The number of para-hydroxylation sites is 1. The topological polar surface area (TPSA) is 126 Å². The lowest BCUT2D eigenvalue weighted by atomic mass is 10.1. The van der Waals surface area contributed by atoms with Crippen LogP contribution < -0.4 is 15.6 Å². The third kappa shape index (κ3) is 4.64. The molecule has 29 heavy (non-hydrogen) atoms. The molecule has 1 amide bonds. The minimum Gasteiger partial charge on any atom is -0.481 e. The van der Waals surface area contributed by atoms with Crippen LogP contribution in [0.15, 0.2) is 53.5 Å². The fraction of sp³-hybridized carbons (Fsp3) is 0.158. The molecule has 0 radical (unpaired) electrons. The largest absolute Gasteiger partial charge is 0.481 e. The van der Waals surface area contributed by atoms with Crippen LogP contribution in [0.4, 0.5) is 0 Å². The van der Waals surface area contributed by atoms with Crippen molar-refractivity contribution in [3.8, 4) is 11.6 Å². The number of carbonyl (C=O) groups excluding carboxylic acids is 1. The van der Waals surface area contributed by atoms with Crippen LogP contribution in [0.25, 0.3) is 5.69 Å². The van der Waals surface area contributed by atoms with Gasteiger partial charge in [0.25, 0.3) is 11.5 Å². The molecule has 0 saturated heterocycles. The molecular weight excluding hydrogens is 400 g/mol. The van der Waals surface area contributed by atoms with Crippen LogP contribution in [-0.2, 0) is 4.79 Å². The predicted molar refractivity (Wildman–Crippen MR) is 105 cm³/mol. The van der Waals surface area contributed by atoms with Crippen LogP contribution in [0.2, 0.25) is 5.02 Å². The van der Waals surface area contributed by atoms with E-state index < -0.39 is 23.5 Å². The van der Waals surface area contributed by atoms with E-state index in [2.05, 4.69) is 15.4 Å². The van der Waals surface area contributed by atoms with Crippen LogP contribution in [-0.4, -0.2) is 38.9 Å². The number of hydrogen-bond donors (Lipinski definition) is 3. The molecule has 0 aliphatic heterocycles. The van der Waals surface area contributed by atoms with E-state index in [9.17, 15) is 19.5 Å². The van der Waals surface area contributed by atoms with Crippen LogP contribution in [0.1, 0.15) is 28.5 Å². The summed E-state index contributed by atoms with van der Waals surface area (Å²) in [6.07, 6.45) is 1.06. The maximum absolute atomic E-state index is 12.6. The second-order valence-corrected chi connectivity index (χ2v) is 6.46. The average Bonchev–Trinajstić information content (AvgIpc) is 3.09. The normalized spacial score (nSPS) is 11.7. The zero-order valence-electron chi connectivity index (χ0n) is 15.3. The van der Waals surface area contributed by atoms with Gasteiger partial charge in [-0.15, -0.1) is 0 Å². The number of nitrogens with zero attached hydrogens (tertiary/aromatic N) is 2. The fourth-order valence-corrected chi connectivity index (χ4v) is 2.93. The van der Waals surface area contributed by atoms with Crippen molar-refractivity contribution in [2.45, 2.75) is 12.5 Å². The van der Waals surface area contributed by atoms with E-state index in [4.69, 9.17) is 16.3 Å². The van der Waals surface area contributed by atoms with Gasteiger partial charge >= 0.3 is 5.97 Å². The lowest BCUT2D eigenvalue weighted by molar-refractivity contribution is -0.137. The van der Waals surface area contributed by atoms with E-state index in [0.717, 1.165) is 10.7 Å². The number of aliphatic carboxylic acids is 1. The van der Waals surface area contributed by atoms with Gasteiger partial charge in [0, 0.05) is 18.3 Å². The molecule has 0 fully saturated rings. The second-order valence-electron chi connectivity index (χ2n) is 6.05. The number of carbonyl (C=O) groups is 2. The Bertz CT molecular complexity index is 1090. The van der Waals surface area contributed by atoms with Crippen molar-refractivity contribution in [2.24, 2.45) is 0 Å². The number of nitrogens with one attached hydrogen (secondary N) is 2. The molecule has 0 spiro atoms. The van der Waals surface area contributed by atoms with Crippen molar-refractivity contribution in [3.63, 3.8) is 0 Å². The van der Waals surface area contributed by atoms with Gasteiger partial charge in [0.2, 0.25) is 5.88 Å². The van der Waals surface area contributed by atoms with Gasteiger partial charge in [-0.1, -0.05) is 29.8 Å². The van der Waals surface area contributed by atoms with Crippen molar-refractivity contribution < 1.29 is 19.4 Å². The SMILES string of the molecule is COc1ccc([C@H](CC(=O)O)NC(=O)c2cc(=O)n(-c3ccccc3Cl)[nH]2)cn1. The Hall–Kier alpha value is -3.59. The van der Waals surface area contributed by atoms with E-state index in [1.54, 1.807) is 36.4 Å². The van der Waals surface area contributed by atoms with Crippen molar-refractivity contribution >= 4 is 23.5 Å². The zero-order valence-corrected chi connectivity index (χ0v) is 16.0. The smallest absolute Gasteiger partial charge is 0.305 e. The monoisotopic (exact) mass is 416 g/mol. The summed E-state index contributed by atoms with van der Waals surface area (Å²) >= 11 is 6.10. The van der Waals surface area contributed by atoms with E-state index >= 15 is 0 Å². The molecular formula is C19H17ClN4O5. The molecule has 0 saturated carbocycles. The highest BCUT2D eigenvalue weighted by molar-refractivity contribution is 6.32. The molecule has 150 valence electrons. The van der Waals surface area contributed by atoms with Crippen LogP contribution in [0.5, 0.6) is 5.88 Å². The third-order valence-electron chi connectivity index (χ3n) is 4.11. The number of carboxylic acids is 1. The van der Waals surface area contributed by atoms with Crippen LogP contribution in [0.3, 0.4) is 0 Å². The predicted octanol–water partition coefficient (Wildman–Crippen LogP) is 2.17. The van der Waals surface area contributed by atoms with Gasteiger partial charge in [0.1, 0.15) is 5.69 Å². The Morgan fingerprint density at radius 3 is 2.69 bits per heavy atom. The Morgan fingerprint density at radius 1 is 1.31 bits per heavy atom. The van der Waals surface area contributed by atoms with Crippen molar-refractivity contribution in [1.82, 2.24) is 20.1 Å². The Kier molecular flexibility index (Phi) is 5.99. The number of amides is 1. The molecule has 0 unspecified atom stereocenters. The van der Waals surface area contributed by atoms with Gasteiger partial charge < -0.3 is 15.2 Å². The number of hydrogen-bond acceptors (Lipinski definition) is 5. The van der Waals surface area contributed by atoms with E-state index in [1.165, 1.54) is 13.3 Å². The van der Waals surface area contributed by atoms with Gasteiger partial charge in [-0.25, -0.2) is 9.67 Å². The van der Waals surface area contributed by atoms with E-state index in [1.807, 2.05) is 0 Å². The molecule has 3 N–H and O–H groups in total. The van der Waals surface area contributed by atoms with Gasteiger partial charge in [0.15, 0.2) is 0 Å². The van der Waals surface area contributed by atoms with Crippen molar-refractivity contribution in [1.29, 1.82) is 0 Å². The first-order valence-electron chi connectivity index (χ1n) is 8.48. The summed E-state index contributed by atoms with van der Waals surface area (Å²) in [5.41, 5.74) is 0.352. The molecule has 3 aromatic rings. The second kappa shape index (κ2) is 8.61. The highest BCUT2D eigenvalue weighted by Crippen LogP contribution is 2.20. The summed E-state index contributed by atoms with van der Waals surface area (Å²) in [7, 11) is 1.46. The Morgan fingerprint density at radius 2 is 2.07 bits per heavy atom. The molecule has 1 aromatic carbocycles. The minimum absolute atomic E-state index is 0.0354. The molecule has 0 bridgehead atoms. The number of rotatable bonds is 7. The molecule has 9 nitrogen and oxygen atoms in total. The Labute approximate surface area is 169 Å². The van der Waals surface area contributed by atoms with Gasteiger partial charge in [0.05, 0.1) is 30.3 Å². The fourth-order valence-electron chi connectivity index (χ4n) is 2.71. The quantitative estimate of drug-likeness (QED) is 0.541. The molecule has 1 atom stereocenters. The number of halogens is 1. The Balaban J connectivity index is 1.86. The number of aromatic nitrogens is 3. The lowest BCUT2D eigenvalue weighted by Crippen LogP contribution is -2.30. The first kappa shape index (κ1) is 20.2. The number of aromatic amines is 1. The lowest BCUT2D eigenvalue weighted by Gasteiger charge is -2.17. The molecule has 2 aromatic heterocycles. The zero-order chi connectivity index (χ0) is 21.0. The molecule has 3 rings (SSSR count). The number of carboxylic acid groups (broad SMARTS) is 1. The number of ether oxygens (including phenoxy) is 1. The number of pyridine rings is 1. The van der Waals surface area contributed by atoms with Gasteiger partial charge in [-0.2, -0.15) is 0 Å². The first-order chi connectivity index (χ1) is 13.9. The summed E-state index contributed by atoms with van der Waals surface area (Å²) in [5, 5.41) is 14.8. The summed E-state index contributed by atoms with van der Waals surface area (Å²) in [5.74, 6) is -1.39. The summed E-state index contributed by atoms with van der Waals surface area (Å²) in [4.78, 5) is 40.2. The molecule has 10 heteroatoms. The van der Waals surface area contributed by atoms with Crippen LogP contribution >= 0.6 is 11.6 Å². The maximum atomic E-state index is 12.6. The minimum atomic E-state index is -1.10. The van der Waals surface area contributed by atoms with Gasteiger partial charge in [-0.3, -0.25) is 19.5 Å². The van der Waals surface area contributed by atoms with Crippen molar-refractivity contribution in [3.05, 3.63) is 75.3 Å². The van der Waals surface area contributed by atoms with Gasteiger partial charge in [-0.05, 0) is 17.7 Å².